The molecule has 7 heavy (non-hydrogen) atoms. The maximum Gasteiger partial charge on any atom is 0.0784 e. The molecule has 2 heteroatoms. The molecule has 0 aliphatic rings. The largest absolute Gasteiger partial charge is 0.391 e. The van der Waals surface area contributed by atoms with E-state index in [1.54, 1.807) is 6.08 Å². The standard InChI is InChI=1S/C5H9ClO/c1-2-3-5(6)4-7/h3,7H,2,4H2,1H3. The van der Waals surface area contributed by atoms with Crippen LogP contribution in [0.3, 0.4) is 0 Å². The number of allylic oxidation sites excluding steroid dienone is 1. The molecule has 0 radical (unpaired) electrons. The number of hydrogen-bond acceptors (Lipinski definition) is 1. The van der Waals surface area contributed by atoms with E-state index in [1.165, 1.54) is 0 Å². The number of aliphatic hydroxyl groups excluding tert-OH is 1. The van der Waals surface area contributed by atoms with Crippen LogP contribution in [0.15, 0.2) is 11.1 Å². The lowest BCUT2D eigenvalue weighted by molar-refractivity contribution is 0.338. The van der Waals surface area contributed by atoms with E-state index in [9.17, 15) is 0 Å². The highest BCUT2D eigenvalue weighted by atomic mass is 35.5. The van der Waals surface area contributed by atoms with Crippen molar-refractivity contribution >= 4 is 11.6 Å². The zero-order chi connectivity index (χ0) is 5.70. The van der Waals surface area contributed by atoms with E-state index in [0.29, 0.717) is 5.03 Å². The molecule has 0 unspecified atom stereocenters. The van der Waals surface area contributed by atoms with E-state index in [1.807, 2.05) is 6.92 Å². The van der Waals surface area contributed by atoms with Crippen LogP contribution in [0.4, 0.5) is 0 Å². The van der Waals surface area contributed by atoms with E-state index in [0.717, 1.165) is 6.42 Å². The van der Waals surface area contributed by atoms with Gasteiger partial charge in [0.15, 0.2) is 0 Å². The topological polar surface area (TPSA) is 20.2 Å². The van der Waals surface area contributed by atoms with Gasteiger partial charge in [0.2, 0.25) is 0 Å². The van der Waals surface area contributed by atoms with Gasteiger partial charge in [-0.2, -0.15) is 0 Å². The summed E-state index contributed by atoms with van der Waals surface area (Å²) in [7, 11) is 0. The molecule has 42 valence electrons. The van der Waals surface area contributed by atoms with Crippen molar-refractivity contribution in [1.82, 2.24) is 0 Å². The normalized spacial score (nSPS) is 12.1. The summed E-state index contributed by atoms with van der Waals surface area (Å²) < 4.78 is 0. The Labute approximate surface area is 48.6 Å². The first kappa shape index (κ1) is 6.99. The van der Waals surface area contributed by atoms with E-state index < -0.39 is 0 Å². The predicted octanol–water partition coefficient (Wildman–Crippen LogP) is 1.51. The van der Waals surface area contributed by atoms with Crippen molar-refractivity contribution < 1.29 is 5.11 Å². The third-order valence-electron chi connectivity index (χ3n) is 0.577. The second-order valence-electron chi connectivity index (χ2n) is 1.22. The summed E-state index contributed by atoms with van der Waals surface area (Å²) in [5, 5.41) is 8.80. The summed E-state index contributed by atoms with van der Waals surface area (Å²) in [4.78, 5) is 0. The number of hydrogen-bond donors (Lipinski definition) is 1. The lowest BCUT2D eigenvalue weighted by Gasteiger charge is -1.85. The molecule has 0 aliphatic carbocycles. The highest BCUT2D eigenvalue weighted by molar-refractivity contribution is 6.29. The highest BCUT2D eigenvalue weighted by Gasteiger charge is 1.81. The van der Waals surface area contributed by atoms with Crippen molar-refractivity contribution in [3.8, 4) is 0 Å². The third kappa shape index (κ3) is 3.83. The third-order valence-corrected chi connectivity index (χ3v) is 0.850. The molecular formula is C5H9ClO. The molecule has 0 rings (SSSR count). The summed E-state index contributed by atoms with van der Waals surface area (Å²) in [6.07, 6.45) is 2.67. The molecule has 0 fully saturated rings. The van der Waals surface area contributed by atoms with Crippen LogP contribution in [0, 0.1) is 0 Å². The van der Waals surface area contributed by atoms with Gasteiger partial charge in [-0.1, -0.05) is 24.6 Å². The molecule has 0 amide bonds. The van der Waals surface area contributed by atoms with Crippen LogP contribution in [-0.2, 0) is 0 Å². The number of rotatable bonds is 2. The summed E-state index contributed by atoms with van der Waals surface area (Å²) in [5.41, 5.74) is 0. The van der Waals surface area contributed by atoms with Gasteiger partial charge in [0.05, 0.1) is 6.61 Å². The molecule has 0 aromatic carbocycles. The first-order valence-corrected chi connectivity index (χ1v) is 2.64. The Morgan fingerprint density at radius 2 is 2.43 bits per heavy atom. The van der Waals surface area contributed by atoms with Crippen molar-refractivity contribution in [2.24, 2.45) is 0 Å². The second kappa shape index (κ2) is 4.16. The van der Waals surface area contributed by atoms with Gasteiger partial charge in [-0.15, -0.1) is 0 Å². The summed E-state index contributed by atoms with van der Waals surface area (Å²) in [6.45, 7) is 1.94. The quantitative estimate of drug-likeness (QED) is 0.586. The minimum absolute atomic E-state index is 0.0323. The molecule has 0 atom stereocenters. The van der Waals surface area contributed by atoms with Gasteiger partial charge in [-0.3, -0.25) is 0 Å². The highest BCUT2D eigenvalue weighted by Crippen LogP contribution is 1.98. The zero-order valence-electron chi connectivity index (χ0n) is 4.32. The van der Waals surface area contributed by atoms with Crippen LogP contribution >= 0.6 is 11.6 Å². The summed E-state index contributed by atoms with van der Waals surface area (Å²) in [6, 6.07) is 0. The predicted molar refractivity (Wildman–Crippen MR) is 31.3 cm³/mol. The summed E-state index contributed by atoms with van der Waals surface area (Å²) in [5.74, 6) is 0. The van der Waals surface area contributed by atoms with Crippen molar-refractivity contribution in [1.29, 1.82) is 0 Å². The fourth-order valence-electron chi connectivity index (χ4n) is 0.286. The van der Waals surface area contributed by atoms with Gasteiger partial charge in [0.25, 0.3) is 0 Å². The fraction of sp³-hybridized carbons (Fsp3) is 0.600. The smallest absolute Gasteiger partial charge is 0.0784 e. The van der Waals surface area contributed by atoms with Crippen molar-refractivity contribution in [3.63, 3.8) is 0 Å². The van der Waals surface area contributed by atoms with E-state index in [2.05, 4.69) is 0 Å². The fourth-order valence-corrected chi connectivity index (χ4v) is 0.440. The minimum atomic E-state index is -0.0323. The van der Waals surface area contributed by atoms with Gasteiger partial charge in [-0.25, -0.2) is 0 Å². The van der Waals surface area contributed by atoms with Crippen molar-refractivity contribution in [3.05, 3.63) is 11.1 Å². The molecule has 1 N–H and O–H groups in total. The zero-order valence-corrected chi connectivity index (χ0v) is 5.07. The van der Waals surface area contributed by atoms with Crippen LogP contribution in [0.25, 0.3) is 0 Å². The monoisotopic (exact) mass is 120 g/mol. The van der Waals surface area contributed by atoms with Gasteiger partial charge in [0.1, 0.15) is 0 Å². The van der Waals surface area contributed by atoms with Crippen LogP contribution in [-0.4, -0.2) is 11.7 Å². The van der Waals surface area contributed by atoms with Crippen LogP contribution in [0.2, 0.25) is 0 Å². The average Bonchev–Trinajstić information content (AvgIpc) is 1.68. The Kier molecular flexibility index (Phi) is 4.15. The molecule has 0 bridgehead atoms. The molecule has 1 nitrogen and oxygen atoms in total. The maximum atomic E-state index is 8.27. The molecule has 0 saturated heterocycles. The Balaban J connectivity index is 3.29. The Hall–Kier alpha value is -0.0100. The molecule has 0 aromatic rings. The average molecular weight is 121 g/mol. The van der Waals surface area contributed by atoms with Gasteiger partial charge >= 0.3 is 0 Å². The molecule has 0 heterocycles. The molecule has 0 saturated carbocycles. The van der Waals surface area contributed by atoms with Crippen LogP contribution < -0.4 is 0 Å². The minimum Gasteiger partial charge on any atom is -0.391 e. The maximum absolute atomic E-state index is 8.27. The van der Waals surface area contributed by atoms with E-state index >= 15 is 0 Å². The SMILES string of the molecule is CCC=C(Cl)CO. The number of aliphatic hydroxyl groups is 1. The van der Waals surface area contributed by atoms with Crippen LogP contribution in [0.1, 0.15) is 13.3 Å². The van der Waals surface area contributed by atoms with E-state index in [4.69, 9.17) is 16.7 Å². The van der Waals surface area contributed by atoms with Crippen molar-refractivity contribution in [2.45, 2.75) is 13.3 Å². The van der Waals surface area contributed by atoms with E-state index in [-0.39, 0.29) is 6.61 Å². The molecule has 0 aliphatic heterocycles. The Morgan fingerprint density at radius 3 is 2.57 bits per heavy atom. The van der Waals surface area contributed by atoms with Gasteiger partial charge in [0, 0.05) is 5.03 Å². The lowest BCUT2D eigenvalue weighted by Crippen LogP contribution is -1.77. The van der Waals surface area contributed by atoms with Gasteiger partial charge < -0.3 is 5.11 Å². The lowest BCUT2D eigenvalue weighted by atomic mass is 10.4. The molecular weight excluding hydrogens is 112 g/mol. The summed E-state index contributed by atoms with van der Waals surface area (Å²) >= 11 is 5.38. The van der Waals surface area contributed by atoms with Crippen molar-refractivity contribution in [2.75, 3.05) is 6.61 Å². The number of halogens is 1. The first-order chi connectivity index (χ1) is 3.31. The molecule has 0 aromatic heterocycles. The Bertz CT molecular complexity index is 68.5. The Morgan fingerprint density at radius 1 is 1.86 bits per heavy atom. The molecule has 0 spiro atoms. The first-order valence-electron chi connectivity index (χ1n) is 2.26. The van der Waals surface area contributed by atoms with Gasteiger partial charge in [-0.05, 0) is 6.42 Å². The second-order valence-corrected chi connectivity index (χ2v) is 1.70. The van der Waals surface area contributed by atoms with Crippen LogP contribution in [0.5, 0.6) is 0 Å².